The van der Waals surface area contributed by atoms with Crippen molar-refractivity contribution in [1.29, 1.82) is 0 Å². The number of ether oxygens (including phenoxy) is 2. The van der Waals surface area contributed by atoms with Crippen LogP contribution in [0.1, 0.15) is 11.7 Å². The standard InChI is InChI=1S/C9H10ClNO3/c10-6-1-5(7(12)3-11)2-8-9(6)14-4-13-8/h1-2,7,12H,3-4,11H2. The van der Waals surface area contributed by atoms with Gasteiger partial charge in [0.1, 0.15) is 0 Å². The fourth-order valence-corrected chi connectivity index (χ4v) is 1.59. The first-order valence-electron chi connectivity index (χ1n) is 4.19. The van der Waals surface area contributed by atoms with Gasteiger partial charge in [-0.1, -0.05) is 11.6 Å². The monoisotopic (exact) mass is 215 g/mol. The number of benzene rings is 1. The third-order valence-corrected chi connectivity index (χ3v) is 2.34. The molecular weight excluding hydrogens is 206 g/mol. The molecule has 0 aromatic heterocycles. The van der Waals surface area contributed by atoms with Gasteiger partial charge < -0.3 is 20.3 Å². The number of aliphatic hydroxyl groups excluding tert-OH is 1. The molecule has 1 heterocycles. The molecule has 0 bridgehead atoms. The van der Waals surface area contributed by atoms with Crippen LogP contribution < -0.4 is 15.2 Å². The van der Waals surface area contributed by atoms with E-state index >= 15 is 0 Å². The number of halogens is 1. The molecule has 1 aliphatic rings. The number of nitrogens with two attached hydrogens (primary N) is 1. The van der Waals surface area contributed by atoms with Crippen molar-refractivity contribution in [1.82, 2.24) is 0 Å². The third-order valence-electron chi connectivity index (χ3n) is 2.06. The zero-order valence-electron chi connectivity index (χ0n) is 7.37. The highest BCUT2D eigenvalue weighted by molar-refractivity contribution is 6.32. The van der Waals surface area contributed by atoms with E-state index in [-0.39, 0.29) is 13.3 Å². The van der Waals surface area contributed by atoms with Gasteiger partial charge in [-0.25, -0.2) is 0 Å². The summed E-state index contributed by atoms with van der Waals surface area (Å²) < 4.78 is 10.3. The van der Waals surface area contributed by atoms with E-state index < -0.39 is 6.10 Å². The molecule has 5 heteroatoms. The van der Waals surface area contributed by atoms with Crippen LogP contribution in [0.15, 0.2) is 12.1 Å². The highest BCUT2D eigenvalue weighted by Crippen LogP contribution is 2.40. The molecule has 0 aliphatic carbocycles. The molecule has 0 radical (unpaired) electrons. The van der Waals surface area contributed by atoms with Crippen LogP contribution in [0, 0.1) is 0 Å². The summed E-state index contributed by atoms with van der Waals surface area (Å²) in [6.07, 6.45) is -0.720. The lowest BCUT2D eigenvalue weighted by Crippen LogP contribution is -2.11. The van der Waals surface area contributed by atoms with Crippen molar-refractivity contribution < 1.29 is 14.6 Å². The van der Waals surface area contributed by atoms with E-state index in [4.69, 9.17) is 26.8 Å². The predicted octanol–water partition coefficient (Wildman–Crippen LogP) is 1.06. The van der Waals surface area contributed by atoms with Gasteiger partial charge in [0.15, 0.2) is 11.5 Å². The largest absolute Gasteiger partial charge is 0.454 e. The Bertz CT molecular complexity index is 356. The first kappa shape index (κ1) is 9.58. The van der Waals surface area contributed by atoms with Gasteiger partial charge in [-0.05, 0) is 17.7 Å². The van der Waals surface area contributed by atoms with Crippen LogP contribution >= 0.6 is 11.6 Å². The second-order valence-electron chi connectivity index (χ2n) is 2.99. The van der Waals surface area contributed by atoms with Gasteiger partial charge >= 0.3 is 0 Å². The van der Waals surface area contributed by atoms with Crippen molar-refractivity contribution in [3.05, 3.63) is 22.7 Å². The minimum Gasteiger partial charge on any atom is -0.454 e. The van der Waals surface area contributed by atoms with Gasteiger partial charge in [0.25, 0.3) is 0 Å². The fourth-order valence-electron chi connectivity index (χ4n) is 1.32. The minimum absolute atomic E-state index is 0.149. The number of hydrogen-bond donors (Lipinski definition) is 2. The molecule has 3 N–H and O–H groups in total. The van der Waals surface area contributed by atoms with Gasteiger partial charge in [-0.3, -0.25) is 0 Å². The molecule has 0 fully saturated rings. The Labute approximate surface area is 86.2 Å². The van der Waals surface area contributed by atoms with Gasteiger partial charge in [0.2, 0.25) is 6.79 Å². The van der Waals surface area contributed by atoms with Crippen LogP contribution in [0.4, 0.5) is 0 Å². The second-order valence-corrected chi connectivity index (χ2v) is 3.40. The van der Waals surface area contributed by atoms with Crippen molar-refractivity contribution in [2.24, 2.45) is 5.73 Å². The molecule has 0 saturated heterocycles. The zero-order valence-corrected chi connectivity index (χ0v) is 8.12. The van der Waals surface area contributed by atoms with E-state index in [9.17, 15) is 5.11 Å². The first-order chi connectivity index (χ1) is 6.72. The molecule has 14 heavy (non-hydrogen) atoms. The first-order valence-corrected chi connectivity index (χ1v) is 4.57. The number of rotatable bonds is 2. The van der Waals surface area contributed by atoms with E-state index in [0.29, 0.717) is 22.1 Å². The van der Waals surface area contributed by atoms with Crippen molar-refractivity contribution in [3.63, 3.8) is 0 Å². The average Bonchev–Trinajstić information content (AvgIpc) is 2.64. The summed E-state index contributed by atoms with van der Waals surface area (Å²) in [6.45, 7) is 0.313. The van der Waals surface area contributed by atoms with E-state index in [1.165, 1.54) is 0 Å². The van der Waals surface area contributed by atoms with E-state index in [2.05, 4.69) is 0 Å². The zero-order chi connectivity index (χ0) is 10.1. The molecule has 1 aliphatic heterocycles. The van der Waals surface area contributed by atoms with Crippen molar-refractivity contribution >= 4 is 11.6 Å². The van der Waals surface area contributed by atoms with Gasteiger partial charge in [-0.2, -0.15) is 0 Å². The van der Waals surface area contributed by atoms with Gasteiger partial charge in [-0.15, -0.1) is 0 Å². The highest BCUT2D eigenvalue weighted by atomic mass is 35.5. The molecule has 1 aromatic carbocycles. The van der Waals surface area contributed by atoms with Crippen molar-refractivity contribution in [2.75, 3.05) is 13.3 Å². The smallest absolute Gasteiger partial charge is 0.231 e. The van der Waals surface area contributed by atoms with Gasteiger partial charge in [0.05, 0.1) is 11.1 Å². The molecule has 1 unspecified atom stereocenters. The lowest BCUT2D eigenvalue weighted by atomic mass is 10.1. The topological polar surface area (TPSA) is 64.7 Å². The maximum absolute atomic E-state index is 9.50. The quantitative estimate of drug-likeness (QED) is 0.775. The van der Waals surface area contributed by atoms with Crippen LogP contribution in [0.2, 0.25) is 5.02 Å². The summed E-state index contributed by atoms with van der Waals surface area (Å²) in [7, 11) is 0. The highest BCUT2D eigenvalue weighted by Gasteiger charge is 2.20. The fraction of sp³-hybridized carbons (Fsp3) is 0.333. The Kier molecular flexibility index (Phi) is 2.50. The molecule has 0 saturated carbocycles. The summed E-state index contributed by atoms with van der Waals surface area (Å²) in [5.74, 6) is 1.08. The molecule has 0 spiro atoms. The van der Waals surface area contributed by atoms with Crippen molar-refractivity contribution in [2.45, 2.75) is 6.10 Å². The predicted molar refractivity (Wildman–Crippen MR) is 51.6 cm³/mol. The molecule has 4 nitrogen and oxygen atoms in total. The second kappa shape index (κ2) is 3.65. The summed E-state index contributed by atoms with van der Waals surface area (Å²) in [4.78, 5) is 0. The third kappa shape index (κ3) is 1.52. The Morgan fingerprint density at radius 3 is 3.00 bits per heavy atom. The number of aliphatic hydroxyl groups is 1. The maximum atomic E-state index is 9.50. The van der Waals surface area contributed by atoms with E-state index in [1.54, 1.807) is 12.1 Å². The van der Waals surface area contributed by atoms with Crippen LogP contribution in [-0.2, 0) is 0 Å². The van der Waals surface area contributed by atoms with Crippen molar-refractivity contribution in [3.8, 4) is 11.5 Å². The van der Waals surface area contributed by atoms with Crippen LogP contribution in [-0.4, -0.2) is 18.4 Å². The summed E-state index contributed by atoms with van der Waals surface area (Å²) in [5, 5.41) is 9.94. The molecule has 2 rings (SSSR count). The normalized spacial score (nSPS) is 15.6. The maximum Gasteiger partial charge on any atom is 0.231 e. The average molecular weight is 216 g/mol. The SMILES string of the molecule is NCC(O)c1cc(Cl)c2c(c1)OCO2. The van der Waals surface area contributed by atoms with Crippen LogP contribution in [0.3, 0.4) is 0 Å². The Morgan fingerprint density at radius 2 is 2.29 bits per heavy atom. The van der Waals surface area contributed by atoms with Gasteiger partial charge in [0, 0.05) is 6.54 Å². The van der Waals surface area contributed by atoms with E-state index in [0.717, 1.165) is 0 Å². The summed E-state index contributed by atoms with van der Waals surface area (Å²) in [5.41, 5.74) is 5.97. The molecule has 1 aromatic rings. The Balaban J connectivity index is 2.41. The molecule has 1 atom stereocenters. The Hall–Kier alpha value is -0.970. The van der Waals surface area contributed by atoms with Crippen LogP contribution in [0.5, 0.6) is 11.5 Å². The van der Waals surface area contributed by atoms with E-state index in [1.807, 2.05) is 0 Å². The van der Waals surface area contributed by atoms with Crippen LogP contribution in [0.25, 0.3) is 0 Å². The molecule has 76 valence electrons. The number of fused-ring (bicyclic) bond motifs is 1. The molecular formula is C9H10ClNO3. The summed E-state index contributed by atoms with van der Waals surface area (Å²) in [6, 6.07) is 3.32. The summed E-state index contributed by atoms with van der Waals surface area (Å²) >= 11 is 5.92. The lowest BCUT2D eigenvalue weighted by Gasteiger charge is -2.09. The molecule has 0 amide bonds. The number of hydrogen-bond acceptors (Lipinski definition) is 4. The minimum atomic E-state index is -0.720. The lowest BCUT2D eigenvalue weighted by molar-refractivity contribution is 0.173. The Morgan fingerprint density at radius 1 is 1.50 bits per heavy atom.